The lowest BCUT2D eigenvalue weighted by Gasteiger charge is -2.23. The van der Waals surface area contributed by atoms with E-state index in [1.54, 1.807) is 6.08 Å². The highest BCUT2D eigenvalue weighted by Crippen LogP contribution is 2.06. The first-order chi connectivity index (χ1) is 5.02. The molecule has 0 fully saturated rings. The third kappa shape index (κ3) is 4.59. The van der Waals surface area contributed by atoms with Gasteiger partial charge < -0.3 is 5.32 Å². The summed E-state index contributed by atoms with van der Waals surface area (Å²) in [6.07, 6.45) is 4.22. The van der Waals surface area contributed by atoms with Crippen LogP contribution in [0.5, 0.6) is 0 Å². The molecule has 64 valence electrons. The van der Waals surface area contributed by atoms with Crippen LogP contribution < -0.4 is 5.32 Å². The van der Waals surface area contributed by atoms with Crippen LogP contribution in [0.2, 0.25) is 0 Å². The predicted molar refractivity (Wildman–Crippen MR) is 47.3 cm³/mol. The first-order valence-electron chi connectivity index (χ1n) is 3.96. The summed E-state index contributed by atoms with van der Waals surface area (Å²) in [5.41, 5.74) is -0.0867. The molecule has 0 saturated heterocycles. The van der Waals surface area contributed by atoms with Crippen molar-refractivity contribution in [1.82, 2.24) is 5.32 Å². The Kier molecular flexibility index (Phi) is 3.86. The van der Waals surface area contributed by atoms with Gasteiger partial charge in [0.1, 0.15) is 0 Å². The Morgan fingerprint density at radius 3 is 2.45 bits per heavy atom. The van der Waals surface area contributed by atoms with Crippen LogP contribution in [-0.4, -0.2) is 11.4 Å². The van der Waals surface area contributed by atoms with Gasteiger partial charge in [-0.05, 0) is 33.3 Å². The second kappa shape index (κ2) is 4.16. The molecular formula is C9H17NO. The Morgan fingerprint density at radius 1 is 1.55 bits per heavy atom. The molecule has 0 saturated carbocycles. The van der Waals surface area contributed by atoms with Crippen molar-refractivity contribution in [3.63, 3.8) is 0 Å². The third-order valence-electron chi connectivity index (χ3n) is 1.66. The van der Waals surface area contributed by atoms with Crippen molar-refractivity contribution in [2.24, 2.45) is 0 Å². The third-order valence-corrected chi connectivity index (χ3v) is 1.66. The normalized spacial score (nSPS) is 12.0. The quantitative estimate of drug-likeness (QED) is 0.619. The Balaban J connectivity index is 3.93. The van der Waals surface area contributed by atoms with E-state index in [0.29, 0.717) is 0 Å². The molecule has 0 heterocycles. The molecule has 1 N–H and O–H groups in total. The maximum atomic E-state index is 11.0. The molecule has 11 heavy (non-hydrogen) atoms. The van der Waals surface area contributed by atoms with Crippen LogP contribution in [0.15, 0.2) is 12.2 Å². The van der Waals surface area contributed by atoms with Gasteiger partial charge in [-0.3, -0.25) is 4.79 Å². The van der Waals surface area contributed by atoms with Gasteiger partial charge in [-0.2, -0.15) is 0 Å². The van der Waals surface area contributed by atoms with Crippen molar-refractivity contribution in [2.75, 3.05) is 0 Å². The summed E-state index contributed by atoms with van der Waals surface area (Å²) in [4.78, 5) is 11.0. The molecule has 2 nitrogen and oxygen atoms in total. The van der Waals surface area contributed by atoms with Crippen molar-refractivity contribution in [3.8, 4) is 0 Å². The number of carbonyl (C=O) groups is 1. The van der Waals surface area contributed by atoms with Gasteiger partial charge in [0.15, 0.2) is 0 Å². The molecule has 0 aromatic carbocycles. The summed E-state index contributed by atoms with van der Waals surface area (Å²) >= 11 is 0. The minimum absolute atomic E-state index is 0.0145. The summed E-state index contributed by atoms with van der Waals surface area (Å²) < 4.78 is 0. The van der Waals surface area contributed by atoms with Crippen LogP contribution in [-0.2, 0) is 4.79 Å². The largest absolute Gasteiger partial charge is 0.348 e. The minimum Gasteiger partial charge on any atom is -0.348 e. The average molecular weight is 155 g/mol. The van der Waals surface area contributed by atoms with E-state index in [9.17, 15) is 4.79 Å². The van der Waals surface area contributed by atoms with Crippen molar-refractivity contribution < 1.29 is 4.79 Å². The Hall–Kier alpha value is -0.790. The van der Waals surface area contributed by atoms with Gasteiger partial charge in [-0.1, -0.05) is 13.0 Å². The van der Waals surface area contributed by atoms with Gasteiger partial charge in [0, 0.05) is 5.54 Å². The molecule has 0 radical (unpaired) electrons. The highest BCUT2D eigenvalue weighted by Gasteiger charge is 2.15. The zero-order valence-corrected chi connectivity index (χ0v) is 7.77. The van der Waals surface area contributed by atoms with Crippen LogP contribution in [0.3, 0.4) is 0 Å². The van der Waals surface area contributed by atoms with E-state index in [-0.39, 0.29) is 11.4 Å². The summed E-state index contributed by atoms with van der Waals surface area (Å²) in [5.74, 6) is -0.0145. The van der Waals surface area contributed by atoms with Crippen LogP contribution >= 0.6 is 0 Å². The van der Waals surface area contributed by atoms with E-state index in [2.05, 4.69) is 12.2 Å². The van der Waals surface area contributed by atoms with Crippen LogP contribution in [0.4, 0.5) is 0 Å². The molecule has 0 spiro atoms. The Labute approximate surface area is 68.7 Å². The summed E-state index contributed by atoms with van der Waals surface area (Å²) in [5, 5.41) is 2.88. The van der Waals surface area contributed by atoms with Gasteiger partial charge in [0.2, 0.25) is 5.91 Å². The van der Waals surface area contributed by atoms with Gasteiger partial charge >= 0.3 is 0 Å². The molecule has 0 aliphatic heterocycles. The van der Waals surface area contributed by atoms with Gasteiger partial charge in [-0.15, -0.1) is 0 Å². The number of rotatable bonds is 3. The molecule has 0 unspecified atom stereocenters. The molecule has 0 aliphatic carbocycles. The summed E-state index contributed by atoms with van der Waals surface area (Å²) in [7, 11) is 0. The Morgan fingerprint density at radius 2 is 2.09 bits per heavy atom. The van der Waals surface area contributed by atoms with E-state index in [1.807, 2.05) is 20.8 Å². The van der Waals surface area contributed by atoms with Crippen molar-refractivity contribution >= 4 is 5.91 Å². The second-order valence-corrected chi connectivity index (χ2v) is 3.23. The molecule has 0 aliphatic rings. The maximum Gasteiger partial charge on any atom is 0.244 e. The summed E-state index contributed by atoms with van der Waals surface area (Å²) in [6.45, 7) is 7.90. The molecule has 0 aromatic rings. The van der Waals surface area contributed by atoms with Crippen LogP contribution in [0.1, 0.15) is 34.1 Å². The highest BCUT2D eigenvalue weighted by atomic mass is 16.1. The lowest BCUT2D eigenvalue weighted by Crippen LogP contribution is -2.41. The number of nitrogens with one attached hydrogen (secondary N) is 1. The minimum atomic E-state index is -0.0867. The fraction of sp³-hybridized carbons (Fsp3) is 0.667. The van der Waals surface area contributed by atoms with Crippen molar-refractivity contribution in [2.45, 2.75) is 39.7 Å². The molecule has 0 aromatic heterocycles. The molecular weight excluding hydrogens is 138 g/mol. The molecule has 0 atom stereocenters. The fourth-order valence-electron chi connectivity index (χ4n) is 0.615. The monoisotopic (exact) mass is 155 g/mol. The predicted octanol–water partition coefficient (Wildman–Crippen LogP) is 1.87. The van der Waals surface area contributed by atoms with Crippen LogP contribution in [0, 0.1) is 0 Å². The first kappa shape index (κ1) is 10.2. The number of hydrogen-bond acceptors (Lipinski definition) is 1. The first-order valence-corrected chi connectivity index (χ1v) is 3.96. The standard InChI is InChI=1S/C9H17NO/c1-5-7-8(11)10-9(3,4)6-2/h5,7H,6H2,1-4H3,(H,10,11)/b7-5+. The zero-order chi connectivity index (χ0) is 8.91. The maximum absolute atomic E-state index is 11.0. The van der Waals surface area contributed by atoms with E-state index in [0.717, 1.165) is 6.42 Å². The SMILES string of the molecule is C/C=C/C(=O)NC(C)(C)CC. The van der Waals surface area contributed by atoms with Crippen molar-refractivity contribution in [1.29, 1.82) is 0 Å². The molecule has 1 amide bonds. The number of hydrogen-bond donors (Lipinski definition) is 1. The fourth-order valence-corrected chi connectivity index (χ4v) is 0.615. The van der Waals surface area contributed by atoms with Gasteiger partial charge in [-0.25, -0.2) is 0 Å². The number of carbonyl (C=O) groups excluding carboxylic acids is 1. The number of allylic oxidation sites excluding steroid dienone is 1. The van der Waals surface area contributed by atoms with E-state index in [1.165, 1.54) is 6.08 Å². The lowest BCUT2D eigenvalue weighted by atomic mass is 10.0. The molecule has 0 rings (SSSR count). The van der Waals surface area contributed by atoms with E-state index in [4.69, 9.17) is 0 Å². The number of amides is 1. The lowest BCUT2D eigenvalue weighted by molar-refractivity contribution is -0.118. The average Bonchev–Trinajstić information content (AvgIpc) is 1.87. The second-order valence-electron chi connectivity index (χ2n) is 3.23. The Bertz CT molecular complexity index is 159. The molecule has 0 bridgehead atoms. The van der Waals surface area contributed by atoms with E-state index >= 15 is 0 Å². The smallest absolute Gasteiger partial charge is 0.244 e. The van der Waals surface area contributed by atoms with Crippen molar-refractivity contribution in [3.05, 3.63) is 12.2 Å². The van der Waals surface area contributed by atoms with Gasteiger partial charge in [0.25, 0.3) is 0 Å². The molecule has 2 heteroatoms. The van der Waals surface area contributed by atoms with Crippen LogP contribution in [0.25, 0.3) is 0 Å². The van der Waals surface area contributed by atoms with E-state index < -0.39 is 0 Å². The highest BCUT2D eigenvalue weighted by molar-refractivity contribution is 5.87. The zero-order valence-electron chi connectivity index (χ0n) is 7.77. The summed E-state index contributed by atoms with van der Waals surface area (Å²) in [6, 6.07) is 0. The topological polar surface area (TPSA) is 29.1 Å². The van der Waals surface area contributed by atoms with Gasteiger partial charge in [0.05, 0.1) is 0 Å².